The third kappa shape index (κ3) is 1.98. The minimum atomic E-state index is -0.841. The third-order valence-corrected chi connectivity index (χ3v) is 3.03. The van der Waals surface area contributed by atoms with Crippen molar-refractivity contribution in [1.29, 1.82) is 0 Å². The van der Waals surface area contributed by atoms with Gasteiger partial charge in [-0.15, -0.1) is 6.58 Å². The van der Waals surface area contributed by atoms with Gasteiger partial charge in [0.1, 0.15) is 6.29 Å². The summed E-state index contributed by atoms with van der Waals surface area (Å²) in [6.07, 6.45) is 5.03. The number of carbonyl (C=O) groups excluding carboxylic acids is 1. The molecule has 13 heavy (non-hydrogen) atoms. The highest BCUT2D eigenvalue weighted by Gasteiger charge is 2.39. The van der Waals surface area contributed by atoms with Crippen LogP contribution in [0.2, 0.25) is 0 Å². The van der Waals surface area contributed by atoms with E-state index in [1.54, 1.807) is 0 Å². The molecule has 1 aliphatic rings. The molecule has 1 aliphatic carbocycles. The molecule has 0 amide bonds. The van der Waals surface area contributed by atoms with E-state index in [9.17, 15) is 4.79 Å². The van der Waals surface area contributed by atoms with E-state index < -0.39 is 5.54 Å². The van der Waals surface area contributed by atoms with E-state index in [0.717, 1.165) is 19.1 Å². The molecule has 0 aromatic heterocycles. The Labute approximate surface area is 78.6 Å². The molecule has 0 radical (unpaired) electrons. The Morgan fingerprint density at radius 3 is 2.77 bits per heavy atom. The number of aliphatic hydroxyl groups is 1. The summed E-state index contributed by atoms with van der Waals surface area (Å²) in [7, 11) is 0. The van der Waals surface area contributed by atoms with Crippen LogP contribution in [-0.4, -0.2) is 23.5 Å². The molecule has 3 unspecified atom stereocenters. The number of hydrogen-bond donors (Lipinski definition) is 2. The highest BCUT2D eigenvalue weighted by Crippen LogP contribution is 2.34. The molecule has 0 aliphatic heterocycles. The average molecular weight is 183 g/mol. The van der Waals surface area contributed by atoms with E-state index in [4.69, 9.17) is 10.8 Å². The monoisotopic (exact) mass is 183 g/mol. The first-order valence-corrected chi connectivity index (χ1v) is 4.65. The average Bonchev–Trinajstić information content (AvgIpc) is 2.17. The number of rotatable bonds is 3. The zero-order chi connectivity index (χ0) is 9.90. The van der Waals surface area contributed by atoms with Gasteiger partial charge in [0.15, 0.2) is 0 Å². The van der Waals surface area contributed by atoms with E-state index in [0.29, 0.717) is 12.3 Å². The molecule has 0 heterocycles. The SMILES string of the molecule is C=CC1CCC(CO)C(N)(C=O)C1. The molecular formula is C10H17NO2. The molecule has 74 valence electrons. The van der Waals surface area contributed by atoms with Crippen LogP contribution in [-0.2, 0) is 4.79 Å². The van der Waals surface area contributed by atoms with Crippen LogP contribution in [0.15, 0.2) is 12.7 Å². The highest BCUT2D eigenvalue weighted by molar-refractivity contribution is 5.65. The molecule has 1 fully saturated rings. The summed E-state index contributed by atoms with van der Waals surface area (Å²) in [5.41, 5.74) is 5.06. The maximum Gasteiger partial charge on any atom is 0.140 e. The fourth-order valence-electron chi connectivity index (χ4n) is 2.01. The lowest BCUT2D eigenvalue weighted by Crippen LogP contribution is -2.53. The summed E-state index contributed by atoms with van der Waals surface area (Å²) in [5.74, 6) is 0.235. The quantitative estimate of drug-likeness (QED) is 0.494. The zero-order valence-electron chi connectivity index (χ0n) is 7.78. The number of nitrogens with two attached hydrogens (primary N) is 1. The molecule has 0 aromatic carbocycles. The van der Waals surface area contributed by atoms with Crippen molar-refractivity contribution in [2.24, 2.45) is 17.6 Å². The second kappa shape index (κ2) is 4.03. The van der Waals surface area contributed by atoms with Gasteiger partial charge in [-0.05, 0) is 25.2 Å². The van der Waals surface area contributed by atoms with Crippen molar-refractivity contribution in [2.75, 3.05) is 6.61 Å². The van der Waals surface area contributed by atoms with Crippen molar-refractivity contribution in [3.05, 3.63) is 12.7 Å². The molecule has 1 rings (SSSR count). The lowest BCUT2D eigenvalue weighted by Gasteiger charge is -2.39. The summed E-state index contributed by atoms with van der Waals surface area (Å²) in [5, 5.41) is 9.05. The first-order chi connectivity index (χ1) is 6.16. The number of hydrogen-bond acceptors (Lipinski definition) is 3. The summed E-state index contributed by atoms with van der Waals surface area (Å²) in [4.78, 5) is 10.8. The van der Waals surface area contributed by atoms with Gasteiger partial charge in [-0.1, -0.05) is 6.08 Å². The van der Waals surface area contributed by atoms with Gasteiger partial charge in [-0.25, -0.2) is 0 Å². The molecule has 3 nitrogen and oxygen atoms in total. The Hall–Kier alpha value is -0.670. The van der Waals surface area contributed by atoms with Crippen LogP contribution in [0.1, 0.15) is 19.3 Å². The van der Waals surface area contributed by atoms with E-state index in [1.165, 1.54) is 0 Å². The van der Waals surface area contributed by atoms with Crippen molar-refractivity contribution in [2.45, 2.75) is 24.8 Å². The van der Waals surface area contributed by atoms with Gasteiger partial charge < -0.3 is 15.6 Å². The van der Waals surface area contributed by atoms with Gasteiger partial charge in [-0.2, -0.15) is 0 Å². The minimum Gasteiger partial charge on any atom is -0.396 e. The van der Waals surface area contributed by atoms with Crippen LogP contribution in [0.4, 0.5) is 0 Å². The normalized spacial score (nSPS) is 39.8. The van der Waals surface area contributed by atoms with Crippen LogP contribution in [0.3, 0.4) is 0 Å². The Morgan fingerprint density at radius 2 is 2.31 bits per heavy atom. The van der Waals surface area contributed by atoms with Crippen molar-refractivity contribution in [3.63, 3.8) is 0 Å². The first-order valence-electron chi connectivity index (χ1n) is 4.65. The first kappa shape index (κ1) is 10.4. The van der Waals surface area contributed by atoms with Gasteiger partial charge in [0.2, 0.25) is 0 Å². The van der Waals surface area contributed by atoms with Crippen molar-refractivity contribution in [1.82, 2.24) is 0 Å². The summed E-state index contributed by atoms with van der Waals surface area (Å²) in [6.45, 7) is 3.70. The standard InChI is InChI=1S/C10H17NO2/c1-2-8-3-4-9(6-12)10(11,5-8)7-13/h2,7-9,12H,1,3-6,11H2. The number of aldehydes is 1. The maximum absolute atomic E-state index is 10.8. The van der Waals surface area contributed by atoms with E-state index in [1.807, 2.05) is 6.08 Å². The second-order valence-corrected chi connectivity index (χ2v) is 3.89. The fourth-order valence-corrected chi connectivity index (χ4v) is 2.01. The van der Waals surface area contributed by atoms with Crippen LogP contribution in [0.5, 0.6) is 0 Å². The molecule has 1 saturated carbocycles. The highest BCUT2D eigenvalue weighted by atomic mass is 16.3. The van der Waals surface area contributed by atoms with Crippen molar-refractivity contribution < 1.29 is 9.90 Å². The fraction of sp³-hybridized carbons (Fsp3) is 0.700. The lowest BCUT2D eigenvalue weighted by molar-refractivity contribution is -0.116. The zero-order valence-corrected chi connectivity index (χ0v) is 7.78. The molecule has 3 heteroatoms. The molecule has 0 aromatic rings. The van der Waals surface area contributed by atoms with Crippen LogP contribution in [0.25, 0.3) is 0 Å². The number of allylic oxidation sites excluding steroid dienone is 1. The van der Waals surface area contributed by atoms with Gasteiger partial charge >= 0.3 is 0 Å². The van der Waals surface area contributed by atoms with Crippen LogP contribution >= 0.6 is 0 Å². The largest absolute Gasteiger partial charge is 0.396 e. The predicted molar refractivity (Wildman–Crippen MR) is 51.1 cm³/mol. The van der Waals surface area contributed by atoms with Gasteiger partial charge in [0, 0.05) is 12.5 Å². The van der Waals surface area contributed by atoms with Crippen LogP contribution in [0, 0.1) is 11.8 Å². The molecule has 3 N–H and O–H groups in total. The summed E-state index contributed by atoms with van der Waals surface area (Å²) in [6, 6.07) is 0. The third-order valence-electron chi connectivity index (χ3n) is 3.03. The smallest absolute Gasteiger partial charge is 0.140 e. The maximum atomic E-state index is 10.8. The van der Waals surface area contributed by atoms with Crippen molar-refractivity contribution >= 4 is 6.29 Å². The molecule has 3 atom stereocenters. The topological polar surface area (TPSA) is 63.3 Å². The van der Waals surface area contributed by atoms with Gasteiger partial charge in [0.25, 0.3) is 0 Å². The van der Waals surface area contributed by atoms with Gasteiger partial charge in [0.05, 0.1) is 5.54 Å². The summed E-state index contributed by atoms with van der Waals surface area (Å²) < 4.78 is 0. The van der Waals surface area contributed by atoms with Crippen molar-refractivity contribution in [3.8, 4) is 0 Å². The lowest BCUT2D eigenvalue weighted by atomic mass is 9.70. The van der Waals surface area contributed by atoms with Crippen LogP contribution < -0.4 is 5.73 Å². The Kier molecular flexibility index (Phi) is 3.22. The molecule has 0 bridgehead atoms. The Balaban J connectivity index is 2.73. The Bertz CT molecular complexity index is 205. The molecule has 0 spiro atoms. The van der Waals surface area contributed by atoms with Gasteiger partial charge in [-0.3, -0.25) is 0 Å². The predicted octanol–water partition coefficient (Wildman–Crippen LogP) is 0.477. The van der Waals surface area contributed by atoms with E-state index in [2.05, 4.69) is 6.58 Å². The molecule has 0 saturated heterocycles. The Morgan fingerprint density at radius 1 is 1.62 bits per heavy atom. The summed E-state index contributed by atoms with van der Waals surface area (Å²) >= 11 is 0. The number of carbonyl (C=O) groups is 1. The van der Waals surface area contributed by atoms with E-state index in [-0.39, 0.29) is 12.5 Å². The van der Waals surface area contributed by atoms with E-state index >= 15 is 0 Å². The minimum absolute atomic E-state index is 0.000890. The molecular weight excluding hydrogens is 166 g/mol. The second-order valence-electron chi connectivity index (χ2n) is 3.89. The number of aliphatic hydroxyl groups excluding tert-OH is 1.